The molecule has 10 heteroatoms. The molecule has 1 fully saturated rings. The topological polar surface area (TPSA) is 97.8 Å². The fourth-order valence-electron chi connectivity index (χ4n) is 3.25. The largest absolute Gasteiger partial charge is 0.493 e. The van der Waals surface area contributed by atoms with Crippen LogP contribution in [0.3, 0.4) is 0 Å². The number of aromatic nitrogens is 1. The van der Waals surface area contributed by atoms with E-state index in [1.165, 1.54) is 7.11 Å². The van der Waals surface area contributed by atoms with Crippen molar-refractivity contribution < 1.29 is 23.9 Å². The molecule has 1 saturated heterocycles. The van der Waals surface area contributed by atoms with Gasteiger partial charge in [0.05, 0.1) is 22.2 Å². The second kappa shape index (κ2) is 11.2. The Morgan fingerprint density at radius 3 is 2.63 bits per heavy atom. The number of carbonyl (C=O) groups is 3. The van der Waals surface area contributed by atoms with Gasteiger partial charge < -0.3 is 14.8 Å². The number of nitrogens with zero attached hydrogens (tertiary/aromatic N) is 2. The molecule has 0 saturated carbocycles. The van der Waals surface area contributed by atoms with Crippen LogP contribution in [0.2, 0.25) is 0 Å². The average Bonchev–Trinajstić information content (AvgIpc) is 3.11. The van der Waals surface area contributed by atoms with Gasteiger partial charge >= 0.3 is 0 Å². The van der Waals surface area contributed by atoms with Crippen molar-refractivity contribution in [2.75, 3.05) is 19.0 Å². The number of pyridine rings is 1. The molecule has 0 radical (unpaired) electrons. The second-order valence-electron chi connectivity index (χ2n) is 7.33. The molecule has 0 atom stereocenters. The summed E-state index contributed by atoms with van der Waals surface area (Å²) in [4.78, 5) is 43.0. The molecule has 0 aliphatic carbocycles. The summed E-state index contributed by atoms with van der Waals surface area (Å²) in [5.74, 6) is -0.0589. The van der Waals surface area contributed by atoms with E-state index in [1.54, 1.807) is 48.7 Å². The monoisotopic (exact) mass is 553 g/mol. The van der Waals surface area contributed by atoms with E-state index in [-0.39, 0.29) is 18.1 Å². The number of nitrogens with one attached hydrogen (secondary N) is 1. The van der Waals surface area contributed by atoms with Crippen LogP contribution >= 0.6 is 27.7 Å². The molecule has 0 spiro atoms. The van der Waals surface area contributed by atoms with Crippen LogP contribution in [-0.2, 0) is 16.2 Å². The van der Waals surface area contributed by atoms with Crippen molar-refractivity contribution in [3.63, 3.8) is 0 Å². The number of benzene rings is 2. The van der Waals surface area contributed by atoms with Crippen LogP contribution in [0.5, 0.6) is 11.5 Å². The van der Waals surface area contributed by atoms with Gasteiger partial charge in [0, 0.05) is 11.9 Å². The predicted molar refractivity (Wildman–Crippen MR) is 137 cm³/mol. The number of thioether (sulfide) groups is 1. The van der Waals surface area contributed by atoms with Crippen molar-refractivity contribution >= 4 is 56.5 Å². The fourth-order valence-corrected chi connectivity index (χ4v) is 4.66. The first-order chi connectivity index (χ1) is 16.9. The van der Waals surface area contributed by atoms with Crippen LogP contribution in [0.25, 0.3) is 6.08 Å². The SMILES string of the molecule is COc1cc(/C=C2\SC(=O)N(CC(=O)Nc3ccccc3)C2=O)cc(Br)c1OCc1ccccn1. The Morgan fingerprint density at radius 1 is 1.14 bits per heavy atom. The number of methoxy groups -OCH3 is 1. The van der Waals surface area contributed by atoms with Gasteiger partial charge in [0.2, 0.25) is 5.91 Å². The molecule has 0 unspecified atom stereocenters. The minimum atomic E-state index is -0.534. The number of rotatable bonds is 8. The Bertz CT molecular complexity index is 1290. The van der Waals surface area contributed by atoms with Gasteiger partial charge in [0.25, 0.3) is 11.1 Å². The van der Waals surface area contributed by atoms with Gasteiger partial charge in [-0.05, 0) is 75.7 Å². The first-order valence-corrected chi connectivity index (χ1v) is 12.1. The van der Waals surface area contributed by atoms with Gasteiger partial charge in [-0.25, -0.2) is 0 Å². The van der Waals surface area contributed by atoms with E-state index in [0.717, 1.165) is 22.4 Å². The number of hydrogen-bond donors (Lipinski definition) is 1. The smallest absolute Gasteiger partial charge is 0.294 e. The predicted octanol–water partition coefficient (Wildman–Crippen LogP) is 5.11. The molecule has 4 rings (SSSR count). The number of halogens is 1. The normalized spacial score (nSPS) is 14.3. The number of ether oxygens (including phenoxy) is 2. The highest BCUT2D eigenvalue weighted by Crippen LogP contribution is 2.39. The molecule has 1 aliphatic heterocycles. The maximum Gasteiger partial charge on any atom is 0.294 e. The molecule has 8 nitrogen and oxygen atoms in total. The van der Waals surface area contributed by atoms with Crippen molar-refractivity contribution in [3.8, 4) is 11.5 Å². The van der Waals surface area contributed by atoms with Gasteiger partial charge in [-0.3, -0.25) is 24.3 Å². The number of carbonyl (C=O) groups excluding carboxylic acids is 3. The highest BCUT2D eigenvalue weighted by molar-refractivity contribution is 9.10. The Balaban J connectivity index is 1.47. The van der Waals surface area contributed by atoms with Gasteiger partial charge in [-0.2, -0.15) is 0 Å². The lowest BCUT2D eigenvalue weighted by molar-refractivity contribution is -0.127. The Labute approximate surface area is 214 Å². The third-order valence-electron chi connectivity index (χ3n) is 4.87. The summed E-state index contributed by atoms with van der Waals surface area (Å²) in [5.41, 5.74) is 1.97. The standard InChI is InChI=1S/C25H20BrN3O5S/c1-33-20-12-16(11-19(26)23(20)34-15-18-9-5-6-10-27-18)13-21-24(31)29(25(32)35-21)14-22(30)28-17-7-3-2-4-8-17/h2-13H,14-15H2,1H3,(H,28,30)/b21-13-. The minimum absolute atomic E-state index is 0.207. The van der Waals surface area contributed by atoms with Crippen LogP contribution in [0.1, 0.15) is 11.3 Å². The van der Waals surface area contributed by atoms with E-state index in [2.05, 4.69) is 26.2 Å². The molecule has 2 aromatic carbocycles. The van der Waals surface area contributed by atoms with E-state index in [0.29, 0.717) is 27.2 Å². The van der Waals surface area contributed by atoms with Gasteiger partial charge in [0.15, 0.2) is 11.5 Å². The van der Waals surface area contributed by atoms with E-state index < -0.39 is 17.1 Å². The zero-order valence-corrected chi connectivity index (χ0v) is 21.0. The molecule has 0 bridgehead atoms. The van der Waals surface area contributed by atoms with Crippen molar-refractivity contribution in [2.45, 2.75) is 6.61 Å². The average molecular weight is 554 g/mol. The van der Waals surface area contributed by atoms with E-state index in [1.807, 2.05) is 24.3 Å². The molecule has 35 heavy (non-hydrogen) atoms. The lowest BCUT2D eigenvalue weighted by atomic mass is 10.2. The molecular formula is C25H20BrN3O5S. The number of hydrogen-bond acceptors (Lipinski definition) is 7. The quantitative estimate of drug-likeness (QED) is 0.387. The van der Waals surface area contributed by atoms with Crippen LogP contribution in [-0.4, -0.2) is 40.6 Å². The number of anilines is 1. The first-order valence-electron chi connectivity index (χ1n) is 10.4. The van der Waals surface area contributed by atoms with Crippen molar-refractivity contribution in [1.29, 1.82) is 0 Å². The molecule has 1 aromatic heterocycles. The zero-order chi connectivity index (χ0) is 24.8. The Kier molecular flexibility index (Phi) is 7.84. The summed E-state index contributed by atoms with van der Waals surface area (Å²) in [5, 5.41) is 2.16. The van der Waals surface area contributed by atoms with E-state index >= 15 is 0 Å². The summed E-state index contributed by atoms with van der Waals surface area (Å²) >= 11 is 4.27. The van der Waals surface area contributed by atoms with Crippen LogP contribution in [0.4, 0.5) is 10.5 Å². The summed E-state index contributed by atoms with van der Waals surface area (Å²) in [7, 11) is 1.51. The van der Waals surface area contributed by atoms with Gasteiger partial charge in [-0.15, -0.1) is 0 Å². The Hall–Kier alpha value is -3.63. The van der Waals surface area contributed by atoms with E-state index in [9.17, 15) is 14.4 Å². The fraction of sp³-hybridized carbons (Fsp3) is 0.120. The second-order valence-corrected chi connectivity index (χ2v) is 9.17. The third kappa shape index (κ3) is 6.09. The van der Waals surface area contributed by atoms with Crippen LogP contribution < -0.4 is 14.8 Å². The summed E-state index contributed by atoms with van der Waals surface area (Å²) < 4.78 is 12.0. The molecule has 2 heterocycles. The summed E-state index contributed by atoms with van der Waals surface area (Å²) in [6.45, 7) is -0.122. The highest BCUT2D eigenvalue weighted by atomic mass is 79.9. The molecule has 3 amide bonds. The molecular weight excluding hydrogens is 534 g/mol. The van der Waals surface area contributed by atoms with Gasteiger partial charge in [0.1, 0.15) is 13.2 Å². The lowest BCUT2D eigenvalue weighted by Gasteiger charge is -2.14. The molecule has 178 valence electrons. The maximum absolute atomic E-state index is 12.8. The van der Waals surface area contributed by atoms with E-state index in [4.69, 9.17) is 9.47 Å². The number of amides is 3. The zero-order valence-electron chi connectivity index (χ0n) is 18.6. The molecule has 1 aliphatic rings. The number of imide groups is 1. The lowest BCUT2D eigenvalue weighted by Crippen LogP contribution is -2.36. The van der Waals surface area contributed by atoms with Crippen LogP contribution in [0, 0.1) is 0 Å². The summed E-state index contributed by atoms with van der Waals surface area (Å²) in [6, 6.07) is 17.8. The number of para-hydroxylation sites is 1. The Morgan fingerprint density at radius 2 is 1.91 bits per heavy atom. The molecule has 3 aromatic rings. The van der Waals surface area contributed by atoms with Crippen molar-refractivity contribution in [3.05, 3.63) is 87.5 Å². The first kappa shape index (κ1) is 24.5. The minimum Gasteiger partial charge on any atom is -0.493 e. The third-order valence-corrected chi connectivity index (χ3v) is 6.37. The van der Waals surface area contributed by atoms with Crippen molar-refractivity contribution in [1.82, 2.24) is 9.88 Å². The maximum atomic E-state index is 12.8. The summed E-state index contributed by atoms with van der Waals surface area (Å²) in [6.07, 6.45) is 3.27. The van der Waals surface area contributed by atoms with Gasteiger partial charge in [-0.1, -0.05) is 24.3 Å². The van der Waals surface area contributed by atoms with Crippen molar-refractivity contribution in [2.24, 2.45) is 0 Å². The highest BCUT2D eigenvalue weighted by Gasteiger charge is 2.36. The molecule has 1 N–H and O–H groups in total. The van der Waals surface area contributed by atoms with Crippen LogP contribution in [0.15, 0.2) is 76.2 Å².